The minimum atomic E-state index is -0.958. The maximum atomic E-state index is 14.4. The molecule has 0 radical (unpaired) electrons. The summed E-state index contributed by atoms with van der Waals surface area (Å²) in [6, 6.07) is 9.22. The second kappa shape index (κ2) is 9.66. The van der Waals surface area contributed by atoms with Gasteiger partial charge in [0, 0.05) is 30.7 Å². The average Bonchev–Trinajstić information content (AvgIpc) is 3.51. The SMILES string of the molecule is CCC(C)(C)n1cc2c(N3CC[C@H](C)C3)c(NC(=O)c3ccc(=O)n(-c4c(F)cccc4F)n3)ccc2n1. The number of nitrogens with zero attached hydrogens (tertiary/aromatic N) is 5. The van der Waals surface area contributed by atoms with E-state index in [1.165, 1.54) is 12.1 Å². The largest absolute Gasteiger partial charge is 0.369 e. The van der Waals surface area contributed by atoms with Crippen molar-refractivity contribution in [2.75, 3.05) is 23.3 Å². The van der Waals surface area contributed by atoms with Gasteiger partial charge in [-0.2, -0.15) is 14.9 Å². The summed E-state index contributed by atoms with van der Waals surface area (Å²) in [6.45, 7) is 10.2. The molecule has 1 aliphatic heterocycles. The van der Waals surface area contributed by atoms with Crippen molar-refractivity contribution in [3.8, 4) is 5.69 Å². The number of aromatic nitrogens is 4. The van der Waals surface area contributed by atoms with Crippen LogP contribution in [0.1, 0.15) is 51.0 Å². The number of hydrogen-bond donors (Lipinski definition) is 1. The summed E-state index contributed by atoms with van der Waals surface area (Å²) >= 11 is 0. The molecule has 2 aromatic heterocycles. The van der Waals surface area contributed by atoms with Crippen LogP contribution in [0.15, 0.2) is 53.5 Å². The fourth-order valence-electron chi connectivity index (χ4n) is 4.70. The van der Waals surface area contributed by atoms with Crippen LogP contribution in [0.5, 0.6) is 0 Å². The summed E-state index contributed by atoms with van der Waals surface area (Å²) in [5, 5.41) is 12.6. The summed E-state index contributed by atoms with van der Waals surface area (Å²) in [5.74, 6) is -2.03. The first-order valence-electron chi connectivity index (χ1n) is 12.7. The molecule has 198 valence electrons. The quantitative estimate of drug-likeness (QED) is 0.382. The molecule has 10 heteroatoms. The second-order valence-corrected chi connectivity index (χ2v) is 10.5. The maximum absolute atomic E-state index is 14.4. The normalized spacial score (nSPS) is 15.8. The standard InChI is InChI=1S/C28H30F2N6O2/c1-5-28(3,4)35-16-18-21(32-35)9-10-22(25(18)34-14-13-17(2)15-34)31-27(38)23-11-12-24(37)36(33-23)26-19(29)7-6-8-20(26)30/h6-12,16-17H,5,13-15H2,1-4H3,(H,31,38)/t17-/m0/s1. The van der Waals surface area contributed by atoms with E-state index >= 15 is 0 Å². The van der Waals surface area contributed by atoms with Crippen LogP contribution in [0, 0.1) is 17.6 Å². The molecular formula is C28H30F2N6O2. The number of benzene rings is 2. The van der Waals surface area contributed by atoms with Crippen molar-refractivity contribution >= 4 is 28.2 Å². The van der Waals surface area contributed by atoms with E-state index < -0.39 is 28.8 Å². The Kier molecular flexibility index (Phi) is 6.50. The van der Waals surface area contributed by atoms with Gasteiger partial charge in [0.2, 0.25) is 0 Å². The maximum Gasteiger partial charge on any atom is 0.276 e. The van der Waals surface area contributed by atoms with E-state index in [1.807, 2.05) is 16.9 Å². The summed E-state index contributed by atoms with van der Waals surface area (Å²) in [7, 11) is 0. The summed E-state index contributed by atoms with van der Waals surface area (Å²) < 4.78 is 31.3. The Hall–Kier alpha value is -4.08. The fourth-order valence-corrected chi connectivity index (χ4v) is 4.70. The summed E-state index contributed by atoms with van der Waals surface area (Å²) in [4.78, 5) is 28.0. The molecule has 8 nitrogen and oxygen atoms in total. The zero-order valence-corrected chi connectivity index (χ0v) is 21.8. The molecule has 1 fully saturated rings. The topological polar surface area (TPSA) is 85.0 Å². The number of amides is 1. The number of carbonyl (C=O) groups is 1. The predicted molar refractivity (Wildman–Crippen MR) is 143 cm³/mol. The second-order valence-electron chi connectivity index (χ2n) is 10.5. The molecule has 1 amide bonds. The lowest BCUT2D eigenvalue weighted by Gasteiger charge is -2.24. The summed E-state index contributed by atoms with van der Waals surface area (Å²) in [5.41, 5.74) is 0.527. The van der Waals surface area contributed by atoms with Gasteiger partial charge in [-0.1, -0.05) is 19.9 Å². The molecule has 0 spiro atoms. The number of nitrogens with one attached hydrogen (secondary N) is 1. The van der Waals surface area contributed by atoms with Crippen molar-refractivity contribution in [1.82, 2.24) is 19.6 Å². The first-order valence-corrected chi connectivity index (χ1v) is 12.7. The molecule has 0 unspecified atom stereocenters. The highest BCUT2D eigenvalue weighted by Gasteiger charge is 2.27. The van der Waals surface area contributed by atoms with Crippen LogP contribution in [-0.4, -0.2) is 38.6 Å². The average molecular weight is 521 g/mol. The first-order chi connectivity index (χ1) is 18.1. The minimum Gasteiger partial charge on any atom is -0.369 e. The lowest BCUT2D eigenvalue weighted by atomic mass is 10.0. The Bertz CT molecular complexity index is 1570. The van der Waals surface area contributed by atoms with E-state index in [9.17, 15) is 18.4 Å². The lowest BCUT2D eigenvalue weighted by molar-refractivity contribution is 0.102. The van der Waals surface area contributed by atoms with Gasteiger partial charge < -0.3 is 10.2 Å². The van der Waals surface area contributed by atoms with E-state index in [0.717, 1.165) is 60.7 Å². The predicted octanol–water partition coefficient (Wildman–Crippen LogP) is 5.10. The van der Waals surface area contributed by atoms with Crippen LogP contribution in [0.2, 0.25) is 0 Å². The van der Waals surface area contributed by atoms with Crippen molar-refractivity contribution in [2.45, 2.75) is 46.1 Å². The third-order valence-electron chi connectivity index (χ3n) is 7.32. The Balaban J connectivity index is 1.56. The van der Waals surface area contributed by atoms with Crippen molar-refractivity contribution < 1.29 is 13.6 Å². The zero-order chi connectivity index (χ0) is 27.2. The number of anilines is 2. The van der Waals surface area contributed by atoms with Crippen molar-refractivity contribution in [2.24, 2.45) is 5.92 Å². The van der Waals surface area contributed by atoms with Crippen molar-refractivity contribution in [3.05, 3.63) is 76.3 Å². The highest BCUT2D eigenvalue weighted by atomic mass is 19.1. The van der Waals surface area contributed by atoms with E-state index in [-0.39, 0.29) is 11.2 Å². The Morgan fingerprint density at radius 2 is 1.82 bits per heavy atom. The van der Waals surface area contributed by atoms with Crippen LogP contribution >= 0.6 is 0 Å². The third-order valence-corrected chi connectivity index (χ3v) is 7.32. The van der Waals surface area contributed by atoms with E-state index in [2.05, 4.69) is 43.0 Å². The van der Waals surface area contributed by atoms with Gasteiger partial charge in [-0.05, 0) is 62.9 Å². The molecular weight excluding hydrogens is 490 g/mol. The third kappa shape index (κ3) is 4.55. The Morgan fingerprint density at radius 3 is 2.47 bits per heavy atom. The number of halogens is 2. The molecule has 2 aromatic carbocycles. The molecule has 1 aliphatic rings. The fraction of sp³-hybridized carbons (Fsp3) is 0.357. The molecule has 1 saturated heterocycles. The molecule has 4 aromatic rings. The summed E-state index contributed by atoms with van der Waals surface area (Å²) in [6.07, 6.45) is 3.94. The molecule has 0 saturated carbocycles. The zero-order valence-electron chi connectivity index (χ0n) is 21.8. The van der Waals surface area contributed by atoms with Gasteiger partial charge in [0.05, 0.1) is 22.4 Å². The highest BCUT2D eigenvalue weighted by Crippen LogP contribution is 2.38. The minimum absolute atomic E-state index is 0.157. The molecule has 38 heavy (non-hydrogen) atoms. The molecule has 0 aliphatic carbocycles. The van der Waals surface area contributed by atoms with E-state index in [1.54, 1.807) is 6.07 Å². The molecule has 5 rings (SSSR count). The van der Waals surface area contributed by atoms with Gasteiger partial charge in [0.1, 0.15) is 11.4 Å². The van der Waals surface area contributed by atoms with E-state index in [4.69, 9.17) is 5.10 Å². The van der Waals surface area contributed by atoms with Gasteiger partial charge in [-0.3, -0.25) is 14.3 Å². The molecule has 1 N–H and O–H groups in total. The smallest absolute Gasteiger partial charge is 0.276 e. The van der Waals surface area contributed by atoms with Gasteiger partial charge in [0.15, 0.2) is 11.6 Å². The Morgan fingerprint density at radius 1 is 1.08 bits per heavy atom. The number of carbonyl (C=O) groups excluding carboxylic acids is 1. The first kappa shape index (κ1) is 25.6. The van der Waals surface area contributed by atoms with Crippen LogP contribution in [0.3, 0.4) is 0 Å². The van der Waals surface area contributed by atoms with Crippen LogP contribution < -0.4 is 15.8 Å². The van der Waals surface area contributed by atoms with Crippen LogP contribution in [0.25, 0.3) is 16.6 Å². The van der Waals surface area contributed by atoms with Crippen molar-refractivity contribution in [1.29, 1.82) is 0 Å². The number of rotatable bonds is 6. The van der Waals surface area contributed by atoms with Gasteiger partial charge in [-0.15, -0.1) is 0 Å². The van der Waals surface area contributed by atoms with Crippen LogP contribution in [0.4, 0.5) is 20.2 Å². The Labute approximate surface area is 218 Å². The van der Waals surface area contributed by atoms with Gasteiger partial charge in [-0.25, -0.2) is 8.78 Å². The van der Waals surface area contributed by atoms with Gasteiger partial charge in [0.25, 0.3) is 11.5 Å². The number of para-hydroxylation sites is 1. The highest BCUT2D eigenvalue weighted by molar-refractivity contribution is 6.08. The lowest BCUT2D eigenvalue weighted by Crippen LogP contribution is -2.27. The molecule has 1 atom stereocenters. The van der Waals surface area contributed by atoms with Crippen molar-refractivity contribution in [3.63, 3.8) is 0 Å². The van der Waals surface area contributed by atoms with Crippen LogP contribution in [-0.2, 0) is 5.54 Å². The monoisotopic (exact) mass is 520 g/mol. The van der Waals surface area contributed by atoms with E-state index in [0.29, 0.717) is 16.3 Å². The van der Waals surface area contributed by atoms with Gasteiger partial charge >= 0.3 is 0 Å². The number of hydrogen-bond acceptors (Lipinski definition) is 5. The number of fused-ring (bicyclic) bond motifs is 1. The molecule has 0 bridgehead atoms. The molecule has 3 heterocycles.